The topological polar surface area (TPSA) is 80.3 Å². The number of hydrogen-bond acceptors (Lipinski definition) is 5. The molecule has 0 radical (unpaired) electrons. The van der Waals surface area contributed by atoms with Crippen LogP contribution in [0, 0.1) is 0 Å². The van der Waals surface area contributed by atoms with Gasteiger partial charge in [-0.15, -0.1) is 0 Å². The van der Waals surface area contributed by atoms with E-state index < -0.39 is 10.0 Å². The van der Waals surface area contributed by atoms with Gasteiger partial charge in [0.15, 0.2) is 0 Å². The number of anilines is 1. The predicted octanol–water partition coefficient (Wildman–Crippen LogP) is 1.75. The number of nitrogens with zero attached hydrogens (tertiary/aromatic N) is 1. The van der Waals surface area contributed by atoms with Crippen molar-refractivity contribution in [3.63, 3.8) is 0 Å². The maximum Gasteiger partial charge on any atom is 0.242 e. The van der Waals surface area contributed by atoms with Crippen LogP contribution in [0.25, 0.3) is 0 Å². The Morgan fingerprint density at radius 1 is 1.43 bits per heavy atom. The fourth-order valence-corrected chi connectivity index (χ4v) is 3.66. The molecule has 0 bridgehead atoms. The molecule has 2 heterocycles. The van der Waals surface area contributed by atoms with E-state index in [9.17, 15) is 8.42 Å². The number of hydrogen-bond donors (Lipinski definition) is 2. The fraction of sp³-hybridized carbons (Fsp3) is 0.643. The first-order valence-corrected chi connectivity index (χ1v) is 8.67. The lowest BCUT2D eigenvalue weighted by Gasteiger charge is -2.35. The lowest BCUT2D eigenvalue weighted by Crippen LogP contribution is -2.45. The zero-order chi connectivity index (χ0) is 15.5. The average Bonchev–Trinajstić information content (AvgIpc) is 2.38. The minimum atomic E-state index is -3.54. The van der Waals surface area contributed by atoms with Crippen molar-refractivity contribution in [2.24, 2.45) is 0 Å². The van der Waals surface area contributed by atoms with Crippen LogP contribution in [0.2, 0.25) is 0 Å². The highest BCUT2D eigenvalue weighted by atomic mass is 32.2. The Balaban J connectivity index is 2.07. The van der Waals surface area contributed by atoms with Crippen LogP contribution in [0.4, 0.5) is 5.82 Å². The van der Waals surface area contributed by atoms with Gasteiger partial charge in [0.1, 0.15) is 10.7 Å². The summed E-state index contributed by atoms with van der Waals surface area (Å²) in [7, 11) is -3.54. The van der Waals surface area contributed by atoms with Crippen LogP contribution in [0.3, 0.4) is 0 Å². The number of nitrogens with one attached hydrogen (secondary N) is 2. The molecule has 1 aliphatic heterocycles. The Bertz CT molecular complexity index is 570. The molecule has 21 heavy (non-hydrogen) atoms. The van der Waals surface area contributed by atoms with Crippen molar-refractivity contribution < 1.29 is 13.2 Å². The summed E-state index contributed by atoms with van der Waals surface area (Å²) in [5.74, 6) is 0.670. The summed E-state index contributed by atoms with van der Waals surface area (Å²) in [4.78, 5) is 4.29. The van der Waals surface area contributed by atoms with E-state index in [-0.39, 0.29) is 16.5 Å². The van der Waals surface area contributed by atoms with E-state index >= 15 is 0 Å². The van der Waals surface area contributed by atoms with E-state index in [0.717, 1.165) is 6.54 Å². The van der Waals surface area contributed by atoms with Gasteiger partial charge < -0.3 is 10.1 Å². The zero-order valence-corrected chi connectivity index (χ0v) is 13.5. The molecule has 1 unspecified atom stereocenters. The minimum absolute atomic E-state index is 0.104. The minimum Gasteiger partial charge on any atom is -0.375 e. The van der Waals surface area contributed by atoms with Gasteiger partial charge in [-0.2, -0.15) is 0 Å². The van der Waals surface area contributed by atoms with Crippen molar-refractivity contribution in [2.45, 2.75) is 50.2 Å². The van der Waals surface area contributed by atoms with Crippen molar-refractivity contribution in [1.29, 1.82) is 0 Å². The van der Waals surface area contributed by atoms with Crippen molar-refractivity contribution in [3.05, 3.63) is 18.3 Å². The quantitative estimate of drug-likeness (QED) is 0.865. The smallest absolute Gasteiger partial charge is 0.242 e. The molecule has 0 spiro atoms. The summed E-state index contributed by atoms with van der Waals surface area (Å²) in [5, 5.41) is 3.04. The number of aromatic nitrogens is 1. The summed E-state index contributed by atoms with van der Waals surface area (Å²) < 4.78 is 33.1. The lowest BCUT2D eigenvalue weighted by atomic mass is 9.95. The van der Waals surface area contributed by atoms with Crippen LogP contribution in [0.15, 0.2) is 23.2 Å². The van der Waals surface area contributed by atoms with Gasteiger partial charge in [-0.1, -0.05) is 0 Å². The molecule has 0 saturated carbocycles. The van der Waals surface area contributed by atoms with Crippen LogP contribution in [-0.2, 0) is 14.8 Å². The van der Waals surface area contributed by atoms with E-state index in [2.05, 4.69) is 15.0 Å². The Labute approximate surface area is 126 Å². The first kappa shape index (κ1) is 16.2. The molecule has 7 heteroatoms. The molecule has 2 rings (SSSR count). The Morgan fingerprint density at radius 3 is 2.76 bits per heavy atom. The highest BCUT2D eigenvalue weighted by molar-refractivity contribution is 7.89. The van der Waals surface area contributed by atoms with Crippen molar-refractivity contribution in [3.8, 4) is 0 Å². The Morgan fingerprint density at radius 2 is 2.19 bits per heavy atom. The van der Waals surface area contributed by atoms with Crippen molar-refractivity contribution in [1.82, 2.24) is 9.71 Å². The fourth-order valence-electron chi connectivity index (χ4n) is 2.44. The molecule has 1 saturated heterocycles. The number of pyridine rings is 1. The van der Waals surface area contributed by atoms with Gasteiger partial charge in [-0.3, -0.25) is 0 Å². The van der Waals surface area contributed by atoms with Crippen molar-refractivity contribution >= 4 is 15.8 Å². The van der Waals surface area contributed by atoms with Crippen LogP contribution < -0.4 is 10.0 Å². The third-order valence-corrected chi connectivity index (χ3v) is 4.93. The van der Waals surface area contributed by atoms with Gasteiger partial charge in [0.05, 0.1) is 5.60 Å². The van der Waals surface area contributed by atoms with Gasteiger partial charge in [0.2, 0.25) is 10.0 Å². The van der Waals surface area contributed by atoms with E-state index in [0.29, 0.717) is 25.3 Å². The van der Waals surface area contributed by atoms with Gasteiger partial charge in [-0.05, 0) is 45.7 Å². The molecule has 6 nitrogen and oxygen atoms in total. The second-order valence-electron chi connectivity index (χ2n) is 5.83. The third-order valence-electron chi connectivity index (χ3n) is 3.42. The molecular weight excluding hydrogens is 290 g/mol. The van der Waals surface area contributed by atoms with Crippen LogP contribution in [0.1, 0.15) is 33.6 Å². The molecule has 1 aliphatic rings. The number of ether oxygens (including phenoxy) is 1. The van der Waals surface area contributed by atoms with Crippen LogP contribution in [0.5, 0.6) is 0 Å². The Kier molecular flexibility index (Phi) is 4.85. The van der Waals surface area contributed by atoms with Crippen LogP contribution >= 0.6 is 0 Å². The predicted molar refractivity (Wildman–Crippen MR) is 81.8 cm³/mol. The molecule has 118 valence electrons. The maximum atomic E-state index is 12.4. The first-order chi connectivity index (χ1) is 9.82. The number of sulfonamides is 1. The van der Waals surface area contributed by atoms with E-state index in [1.165, 1.54) is 6.20 Å². The monoisotopic (exact) mass is 313 g/mol. The molecule has 0 amide bonds. The highest BCUT2D eigenvalue weighted by Crippen LogP contribution is 2.25. The SMILES string of the molecule is CCNc1ccc(S(=O)(=O)NC2CCOC(C)(C)C2)cn1. The van der Waals surface area contributed by atoms with Gasteiger partial charge >= 0.3 is 0 Å². The summed E-state index contributed by atoms with van der Waals surface area (Å²) >= 11 is 0. The van der Waals surface area contributed by atoms with E-state index in [1.807, 2.05) is 20.8 Å². The average molecular weight is 313 g/mol. The molecule has 0 aliphatic carbocycles. The van der Waals surface area contributed by atoms with Crippen LogP contribution in [-0.4, -0.2) is 38.2 Å². The molecular formula is C14H23N3O3S. The largest absolute Gasteiger partial charge is 0.375 e. The van der Waals surface area contributed by atoms with E-state index in [1.54, 1.807) is 12.1 Å². The molecule has 1 aromatic heterocycles. The summed E-state index contributed by atoms with van der Waals surface area (Å²) in [6.45, 7) is 7.22. The highest BCUT2D eigenvalue weighted by Gasteiger charge is 2.31. The van der Waals surface area contributed by atoms with Gasteiger partial charge in [0, 0.05) is 25.4 Å². The second kappa shape index (κ2) is 6.29. The first-order valence-electron chi connectivity index (χ1n) is 7.18. The summed E-state index contributed by atoms with van der Waals surface area (Å²) in [5.41, 5.74) is -0.293. The number of rotatable bonds is 5. The normalized spacial score (nSPS) is 22.0. The molecule has 1 atom stereocenters. The molecule has 0 aromatic carbocycles. The molecule has 1 fully saturated rings. The molecule has 2 N–H and O–H groups in total. The lowest BCUT2D eigenvalue weighted by molar-refractivity contribution is -0.0599. The van der Waals surface area contributed by atoms with Gasteiger partial charge in [-0.25, -0.2) is 18.1 Å². The second-order valence-corrected chi connectivity index (χ2v) is 7.54. The van der Waals surface area contributed by atoms with Gasteiger partial charge in [0.25, 0.3) is 0 Å². The zero-order valence-electron chi connectivity index (χ0n) is 12.7. The third kappa shape index (κ3) is 4.39. The summed E-state index contributed by atoms with van der Waals surface area (Å²) in [6.07, 6.45) is 2.73. The van der Waals surface area contributed by atoms with E-state index in [4.69, 9.17) is 4.74 Å². The van der Waals surface area contributed by atoms with Crippen molar-refractivity contribution in [2.75, 3.05) is 18.5 Å². The standard InChI is InChI=1S/C14H23N3O3S/c1-4-15-13-6-5-12(10-16-13)21(18,19)17-11-7-8-20-14(2,3)9-11/h5-6,10-11,17H,4,7-9H2,1-3H3,(H,15,16). The molecule has 1 aromatic rings. The summed E-state index contributed by atoms with van der Waals surface area (Å²) in [6, 6.07) is 3.14. The Hall–Kier alpha value is -1.18. The maximum absolute atomic E-state index is 12.4.